The van der Waals surface area contributed by atoms with Gasteiger partial charge in [-0.05, 0) is 30.5 Å². The predicted molar refractivity (Wildman–Crippen MR) is 60.6 cm³/mol. The van der Waals surface area contributed by atoms with Crippen molar-refractivity contribution in [2.45, 2.75) is 38.7 Å². The highest BCUT2D eigenvalue weighted by Gasteiger charge is 2.23. The second-order valence-corrected chi connectivity index (χ2v) is 4.25. The molecule has 1 aromatic rings. The van der Waals surface area contributed by atoms with E-state index in [2.05, 4.69) is 0 Å². The summed E-state index contributed by atoms with van der Waals surface area (Å²) in [4.78, 5) is 0. The number of halogens is 2. The van der Waals surface area contributed by atoms with Crippen molar-refractivity contribution < 1.29 is 9.50 Å². The van der Waals surface area contributed by atoms with E-state index < -0.39 is 5.60 Å². The van der Waals surface area contributed by atoms with Crippen molar-refractivity contribution in [2.24, 2.45) is 0 Å². The standard InChI is InChI=1S/C12H16ClFO/c1-3-12(15,4-2)8-9-5-6-10(14)7-11(9)13/h5-7,15H,3-4,8H2,1-2H3. The lowest BCUT2D eigenvalue weighted by molar-refractivity contribution is 0.0326. The first-order valence-corrected chi connectivity index (χ1v) is 5.55. The monoisotopic (exact) mass is 230 g/mol. The largest absolute Gasteiger partial charge is 0.390 e. The molecule has 0 amide bonds. The minimum Gasteiger partial charge on any atom is -0.390 e. The fourth-order valence-corrected chi connectivity index (χ4v) is 1.75. The lowest BCUT2D eigenvalue weighted by Crippen LogP contribution is -2.29. The van der Waals surface area contributed by atoms with Crippen LogP contribution in [0.15, 0.2) is 18.2 Å². The minimum atomic E-state index is -0.735. The molecule has 0 aliphatic heterocycles. The maximum Gasteiger partial charge on any atom is 0.124 e. The van der Waals surface area contributed by atoms with Gasteiger partial charge in [0.25, 0.3) is 0 Å². The summed E-state index contributed by atoms with van der Waals surface area (Å²) in [6.45, 7) is 3.86. The molecular weight excluding hydrogens is 215 g/mol. The van der Waals surface area contributed by atoms with Crippen LogP contribution in [0.5, 0.6) is 0 Å². The van der Waals surface area contributed by atoms with Crippen LogP contribution in [0.1, 0.15) is 32.3 Å². The zero-order valence-corrected chi connectivity index (χ0v) is 9.81. The zero-order valence-electron chi connectivity index (χ0n) is 9.06. The molecule has 1 aromatic carbocycles. The number of aliphatic hydroxyl groups is 1. The molecule has 0 radical (unpaired) electrons. The summed E-state index contributed by atoms with van der Waals surface area (Å²) < 4.78 is 12.8. The molecular formula is C12H16ClFO. The van der Waals surface area contributed by atoms with Crippen molar-refractivity contribution in [2.75, 3.05) is 0 Å². The quantitative estimate of drug-likeness (QED) is 0.839. The normalized spacial score (nSPS) is 11.8. The average molecular weight is 231 g/mol. The maximum atomic E-state index is 12.8. The van der Waals surface area contributed by atoms with Crippen LogP contribution < -0.4 is 0 Å². The molecule has 0 bridgehead atoms. The zero-order chi connectivity index (χ0) is 11.5. The van der Waals surface area contributed by atoms with Crippen molar-refractivity contribution in [3.8, 4) is 0 Å². The van der Waals surface area contributed by atoms with Crippen molar-refractivity contribution >= 4 is 11.6 Å². The van der Waals surface area contributed by atoms with Gasteiger partial charge in [-0.25, -0.2) is 4.39 Å². The lowest BCUT2D eigenvalue weighted by Gasteiger charge is -2.25. The molecule has 0 aliphatic rings. The van der Waals surface area contributed by atoms with Gasteiger partial charge in [-0.15, -0.1) is 0 Å². The van der Waals surface area contributed by atoms with Crippen LogP contribution in [-0.4, -0.2) is 10.7 Å². The summed E-state index contributed by atoms with van der Waals surface area (Å²) in [5, 5.41) is 10.5. The third-order valence-electron chi connectivity index (χ3n) is 2.85. The molecule has 1 nitrogen and oxygen atoms in total. The highest BCUT2D eigenvalue weighted by molar-refractivity contribution is 6.31. The molecule has 0 spiro atoms. The SMILES string of the molecule is CCC(O)(CC)Cc1ccc(F)cc1Cl. The summed E-state index contributed by atoms with van der Waals surface area (Å²) in [5.41, 5.74) is 0.0610. The summed E-state index contributed by atoms with van der Waals surface area (Å²) in [5.74, 6) is -0.347. The number of hydrogen-bond donors (Lipinski definition) is 1. The second kappa shape index (κ2) is 4.95. The second-order valence-electron chi connectivity index (χ2n) is 3.84. The number of hydrogen-bond acceptors (Lipinski definition) is 1. The first-order chi connectivity index (χ1) is 7.00. The molecule has 0 aromatic heterocycles. The van der Waals surface area contributed by atoms with E-state index in [1.54, 1.807) is 6.07 Å². The Balaban J connectivity index is 2.89. The van der Waals surface area contributed by atoms with Gasteiger partial charge in [-0.1, -0.05) is 31.5 Å². The van der Waals surface area contributed by atoms with E-state index in [9.17, 15) is 9.50 Å². The van der Waals surface area contributed by atoms with Gasteiger partial charge in [0, 0.05) is 11.4 Å². The molecule has 1 N–H and O–H groups in total. The van der Waals surface area contributed by atoms with Crippen LogP contribution in [0, 0.1) is 5.82 Å². The molecule has 0 heterocycles. The topological polar surface area (TPSA) is 20.2 Å². The van der Waals surface area contributed by atoms with Crippen molar-refractivity contribution in [3.05, 3.63) is 34.6 Å². The van der Waals surface area contributed by atoms with Gasteiger partial charge in [0.05, 0.1) is 5.60 Å². The van der Waals surface area contributed by atoms with Crippen LogP contribution in [0.25, 0.3) is 0 Å². The third-order valence-corrected chi connectivity index (χ3v) is 3.20. The maximum absolute atomic E-state index is 12.8. The molecule has 0 fully saturated rings. The fourth-order valence-electron chi connectivity index (χ4n) is 1.52. The Morgan fingerprint density at radius 3 is 2.40 bits per heavy atom. The van der Waals surface area contributed by atoms with Crippen molar-refractivity contribution in [1.82, 2.24) is 0 Å². The lowest BCUT2D eigenvalue weighted by atomic mass is 9.89. The van der Waals surface area contributed by atoms with Crippen LogP contribution in [0.2, 0.25) is 5.02 Å². The van der Waals surface area contributed by atoms with Gasteiger partial charge in [0.1, 0.15) is 5.82 Å². The van der Waals surface area contributed by atoms with E-state index in [4.69, 9.17) is 11.6 Å². The Kier molecular flexibility index (Phi) is 4.12. The molecule has 0 atom stereocenters. The first kappa shape index (κ1) is 12.5. The van der Waals surface area contributed by atoms with Crippen LogP contribution in [0.4, 0.5) is 4.39 Å². The Hall–Kier alpha value is -0.600. The summed E-state index contributed by atoms with van der Waals surface area (Å²) >= 11 is 5.90. The van der Waals surface area contributed by atoms with Gasteiger partial charge in [0.15, 0.2) is 0 Å². The first-order valence-electron chi connectivity index (χ1n) is 5.17. The van der Waals surface area contributed by atoms with E-state index in [-0.39, 0.29) is 5.82 Å². The minimum absolute atomic E-state index is 0.347. The molecule has 0 unspecified atom stereocenters. The van der Waals surface area contributed by atoms with Gasteiger partial charge < -0.3 is 5.11 Å². The summed E-state index contributed by atoms with van der Waals surface area (Å²) in [6.07, 6.45) is 1.80. The molecule has 84 valence electrons. The Labute approximate surface area is 94.9 Å². The summed E-state index contributed by atoms with van der Waals surface area (Å²) in [7, 11) is 0. The molecule has 0 saturated carbocycles. The van der Waals surface area contributed by atoms with E-state index >= 15 is 0 Å². The Morgan fingerprint density at radius 1 is 1.33 bits per heavy atom. The molecule has 1 rings (SSSR count). The van der Waals surface area contributed by atoms with Crippen LogP contribution in [-0.2, 0) is 6.42 Å². The van der Waals surface area contributed by atoms with E-state index in [0.717, 1.165) is 5.56 Å². The van der Waals surface area contributed by atoms with Crippen molar-refractivity contribution in [1.29, 1.82) is 0 Å². The predicted octanol–water partition coefficient (Wildman–Crippen LogP) is 3.57. The Bertz CT molecular complexity index is 334. The highest BCUT2D eigenvalue weighted by atomic mass is 35.5. The summed E-state index contributed by atoms with van der Waals surface area (Å²) in [6, 6.07) is 4.28. The van der Waals surface area contributed by atoms with Crippen molar-refractivity contribution in [3.63, 3.8) is 0 Å². The number of benzene rings is 1. The van der Waals surface area contributed by atoms with E-state index in [1.807, 2.05) is 13.8 Å². The van der Waals surface area contributed by atoms with E-state index in [0.29, 0.717) is 24.3 Å². The van der Waals surface area contributed by atoms with Gasteiger partial charge in [0.2, 0.25) is 0 Å². The highest BCUT2D eigenvalue weighted by Crippen LogP contribution is 2.26. The Morgan fingerprint density at radius 2 is 1.93 bits per heavy atom. The molecule has 0 aliphatic carbocycles. The third kappa shape index (κ3) is 3.18. The van der Waals surface area contributed by atoms with Gasteiger partial charge in [-0.2, -0.15) is 0 Å². The molecule has 15 heavy (non-hydrogen) atoms. The average Bonchev–Trinajstić information content (AvgIpc) is 2.22. The smallest absolute Gasteiger partial charge is 0.124 e. The van der Waals surface area contributed by atoms with Crippen LogP contribution in [0.3, 0.4) is 0 Å². The molecule has 0 saturated heterocycles. The number of rotatable bonds is 4. The van der Waals surface area contributed by atoms with Gasteiger partial charge in [-0.3, -0.25) is 0 Å². The van der Waals surface area contributed by atoms with E-state index in [1.165, 1.54) is 12.1 Å². The fraction of sp³-hybridized carbons (Fsp3) is 0.500. The molecule has 3 heteroatoms. The van der Waals surface area contributed by atoms with Gasteiger partial charge >= 0.3 is 0 Å². The van der Waals surface area contributed by atoms with Crippen LogP contribution >= 0.6 is 11.6 Å².